The van der Waals surface area contributed by atoms with Gasteiger partial charge in [0, 0.05) is 29.2 Å². The lowest BCUT2D eigenvalue weighted by Crippen LogP contribution is -2.29. The second kappa shape index (κ2) is 7.45. The Labute approximate surface area is 192 Å². The normalized spacial score (nSPS) is 17.8. The van der Waals surface area contributed by atoms with Crippen molar-refractivity contribution in [2.24, 2.45) is 0 Å². The lowest BCUT2D eigenvalue weighted by atomic mass is 9.96. The molecule has 0 saturated heterocycles. The highest BCUT2D eigenvalue weighted by atomic mass is 79.9. The Hall–Kier alpha value is -3.19. The third-order valence-electron chi connectivity index (χ3n) is 6.41. The first-order chi connectivity index (χ1) is 15.6. The number of hydrogen-bond donors (Lipinski definition) is 1. The highest BCUT2D eigenvalue weighted by Crippen LogP contribution is 2.44. The summed E-state index contributed by atoms with van der Waals surface area (Å²) in [5, 5.41) is 0. The summed E-state index contributed by atoms with van der Waals surface area (Å²) in [5.41, 5.74) is 6.14. The van der Waals surface area contributed by atoms with Crippen LogP contribution in [0.1, 0.15) is 57.5 Å². The van der Waals surface area contributed by atoms with Crippen LogP contribution in [-0.2, 0) is 13.0 Å². The number of aromatic nitrogens is 2. The van der Waals surface area contributed by atoms with Gasteiger partial charge in [0.15, 0.2) is 5.58 Å². The molecule has 2 aromatic carbocycles. The zero-order chi connectivity index (χ0) is 21.8. The molecule has 4 aromatic rings. The van der Waals surface area contributed by atoms with Crippen LogP contribution in [0.4, 0.5) is 0 Å². The first-order valence-corrected chi connectivity index (χ1v) is 11.5. The fourth-order valence-electron chi connectivity index (χ4n) is 4.63. The largest absolute Gasteiger partial charge is 0.417 e. The van der Waals surface area contributed by atoms with Gasteiger partial charge >= 0.3 is 5.76 Å². The summed E-state index contributed by atoms with van der Waals surface area (Å²) in [7, 11) is 0. The fraction of sp³-hybridized carbons (Fsp3) is 0.240. The molecule has 6 nitrogen and oxygen atoms in total. The second-order valence-electron chi connectivity index (χ2n) is 8.55. The molecule has 1 amide bonds. The number of oxazole rings is 1. The van der Waals surface area contributed by atoms with Crippen LogP contribution in [0.15, 0.2) is 68.4 Å². The molecule has 0 spiro atoms. The van der Waals surface area contributed by atoms with Crippen LogP contribution in [0.25, 0.3) is 11.1 Å². The number of amides is 1. The first kappa shape index (κ1) is 19.5. The molecule has 2 aliphatic rings. The van der Waals surface area contributed by atoms with Crippen molar-refractivity contribution in [3.8, 4) is 0 Å². The number of nitrogens with zero attached hydrogens (tertiary/aromatic N) is 2. The molecule has 160 valence electrons. The second-order valence-corrected chi connectivity index (χ2v) is 9.41. The highest BCUT2D eigenvalue weighted by molar-refractivity contribution is 9.10. The molecule has 1 aliphatic carbocycles. The van der Waals surface area contributed by atoms with Crippen molar-refractivity contribution in [2.75, 3.05) is 0 Å². The van der Waals surface area contributed by atoms with Gasteiger partial charge in [-0.3, -0.25) is 14.8 Å². The van der Waals surface area contributed by atoms with E-state index in [9.17, 15) is 9.59 Å². The molecule has 1 fully saturated rings. The summed E-state index contributed by atoms with van der Waals surface area (Å²) in [6, 6.07) is 15.6. The molecular formula is C25H20BrN3O3. The van der Waals surface area contributed by atoms with Crippen molar-refractivity contribution < 1.29 is 9.21 Å². The van der Waals surface area contributed by atoms with Crippen molar-refractivity contribution in [3.05, 3.63) is 97.7 Å². The number of aromatic amines is 1. The van der Waals surface area contributed by atoms with Crippen LogP contribution >= 0.6 is 15.9 Å². The maximum Gasteiger partial charge on any atom is 0.417 e. The van der Waals surface area contributed by atoms with E-state index in [2.05, 4.69) is 38.0 Å². The third-order valence-corrected chi connectivity index (χ3v) is 7.13. The standard InChI is InChI=1S/C25H20BrN3O3/c26-19-2-1-9-27-21(19)12-22-18-11-16(15-4-5-15)6-7-17(18)24(30)29(22)13-14-3-8-20-23(10-14)32-25(31)28-20/h1-3,6-11,15,22H,4-5,12-13H2,(H,28,31). The molecule has 0 radical (unpaired) electrons. The van der Waals surface area contributed by atoms with Crippen molar-refractivity contribution in [1.29, 1.82) is 0 Å². The Morgan fingerprint density at radius 3 is 2.81 bits per heavy atom. The molecular weight excluding hydrogens is 470 g/mol. The predicted molar refractivity (Wildman–Crippen MR) is 124 cm³/mol. The third kappa shape index (κ3) is 3.37. The maximum absolute atomic E-state index is 13.5. The van der Waals surface area contributed by atoms with Gasteiger partial charge in [0.1, 0.15) is 0 Å². The number of fused-ring (bicyclic) bond motifs is 2. The van der Waals surface area contributed by atoms with Crippen molar-refractivity contribution >= 4 is 32.9 Å². The van der Waals surface area contributed by atoms with Gasteiger partial charge in [-0.1, -0.05) is 18.2 Å². The average Bonchev–Trinajstić information content (AvgIpc) is 3.53. The van der Waals surface area contributed by atoms with E-state index in [1.165, 1.54) is 18.4 Å². The molecule has 0 bridgehead atoms. The van der Waals surface area contributed by atoms with Gasteiger partial charge < -0.3 is 9.32 Å². The topological polar surface area (TPSA) is 79.2 Å². The van der Waals surface area contributed by atoms with Gasteiger partial charge in [0.25, 0.3) is 5.91 Å². The van der Waals surface area contributed by atoms with Gasteiger partial charge in [0.2, 0.25) is 0 Å². The van der Waals surface area contributed by atoms with E-state index in [4.69, 9.17) is 4.42 Å². The molecule has 1 N–H and O–H groups in total. The number of hydrogen-bond acceptors (Lipinski definition) is 4. The number of halogens is 1. The number of rotatable bonds is 5. The molecule has 32 heavy (non-hydrogen) atoms. The lowest BCUT2D eigenvalue weighted by Gasteiger charge is -2.26. The number of carbonyl (C=O) groups excluding carboxylic acids is 1. The minimum Gasteiger partial charge on any atom is -0.408 e. The Morgan fingerprint density at radius 2 is 2.00 bits per heavy atom. The number of nitrogens with one attached hydrogen (secondary N) is 1. The summed E-state index contributed by atoms with van der Waals surface area (Å²) in [6.07, 6.45) is 4.84. The van der Waals surface area contributed by atoms with Crippen LogP contribution in [-0.4, -0.2) is 20.8 Å². The molecule has 7 heteroatoms. The van der Waals surface area contributed by atoms with Gasteiger partial charge in [0.05, 0.1) is 17.3 Å². The molecule has 2 aromatic heterocycles. The van der Waals surface area contributed by atoms with Crippen LogP contribution in [0, 0.1) is 0 Å². The minimum atomic E-state index is -0.479. The maximum atomic E-state index is 13.5. The van der Waals surface area contributed by atoms with Crippen LogP contribution < -0.4 is 5.76 Å². The van der Waals surface area contributed by atoms with E-state index >= 15 is 0 Å². The zero-order valence-electron chi connectivity index (χ0n) is 17.2. The smallest absolute Gasteiger partial charge is 0.408 e. The van der Waals surface area contributed by atoms with Crippen LogP contribution in [0.5, 0.6) is 0 Å². The Kier molecular flexibility index (Phi) is 4.54. The molecule has 1 atom stereocenters. The van der Waals surface area contributed by atoms with E-state index in [1.807, 2.05) is 41.3 Å². The van der Waals surface area contributed by atoms with Gasteiger partial charge in [-0.05, 0) is 81.7 Å². The van der Waals surface area contributed by atoms with Crippen LogP contribution in [0.2, 0.25) is 0 Å². The summed E-state index contributed by atoms with van der Waals surface area (Å²) in [4.78, 5) is 34.1. The zero-order valence-corrected chi connectivity index (χ0v) is 18.8. The monoisotopic (exact) mass is 489 g/mol. The van der Waals surface area contributed by atoms with E-state index in [0.29, 0.717) is 30.0 Å². The SMILES string of the molecule is O=C1c2ccc(C3CC3)cc2C(Cc2ncccc2Br)N1Cc1ccc2[nH]c(=O)oc2c1. The number of H-pyrrole nitrogens is 1. The van der Waals surface area contributed by atoms with Gasteiger partial charge in [-0.2, -0.15) is 0 Å². The van der Waals surface area contributed by atoms with E-state index in [-0.39, 0.29) is 11.9 Å². The molecule has 6 rings (SSSR count). The number of carbonyl (C=O) groups is 1. The molecule has 1 unspecified atom stereocenters. The number of benzene rings is 2. The number of pyridine rings is 1. The summed E-state index contributed by atoms with van der Waals surface area (Å²) >= 11 is 3.61. The van der Waals surface area contributed by atoms with Gasteiger partial charge in [-0.25, -0.2) is 4.79 Å². The van der Waals surface area contributed by atoms with Crippen LogP contribution in [0.3, 0.4) is 0 Å². The van der Waals surface area contributed by atoms with E-state index in [1.54, 1.807) is 6.20 Å². The summed E-state index contributed by atoms with van der Waals surface area (Å²) in [5.74, 6) is 0.160. The fourth-order valence-corrected chi connectivity index (χ4v) is 5.04. The predicted octanol–water partition coefficient (Wildman–Crippen LogP) is 5.10. The Bertz CT molecular complexity index is 1420. The Balaban J connectivity index is 1.40. The Morgan fingerprint density at radius 1 is 1.12 bits per heavy atom. The molecule has 1 saturated carbocycles. The van der Waals surface area contributed by atoms with E-state index in [0.717, 1.165) is 26.9 Å². The highest BCUT2D eigenvalue weighted by Gasteiger charge is 2.38. The van der Waals surface area contributed by atoms with Crippen molar-refractivity contribution in [2.45, 2.75) is 37.8 Å². The average molecular weight is 490 g/mol. The molecule has 1 aliphatic heterocycles. The minimum absolute atomic E-state index is 0.0232. The molecule has 3 heterocycles. The van der Waals surface area contributed by atoms with E-state index < -0.39 is 5.76 Å². The first-order valence-electron chi connectivity index (χ1n) is 10.7. The summed E-state index contributed by atoms with van der Waals surface area (Å²) < 4.78 is 6.16. The quantitative estimate of drug-likeness (QED) is 0.423. The lowest BCUT2D eigenvalue weighted by molar-refractivity contribution is 0.0708. The van der Waals surface area contributed by atoms with Crippen molar-refractivity contribution in [1.82, 2.24) is 14.9 Å². The summed E-state index contributed by atoms with van der Waals surface area (Å²) in [6.45, 7) is 0.423. The van der Waals surface area contributed by atoms with Crippen molar-refractivity contribution in [3.63, 3.8) is 0 Å². The van der Waals surface area contributed by atoms with Gasteiger partial charge in [-0.15, -0.1) is 0 Å².